The molecule has 0 N–H and O–H groups in total. The van der Waals surface area contributed by atoms with Crippen LogP contribution >= 0.6 is 0 Å². The molecule has 1 aliphatic heterocycles. The van der Waals surface area contributed by atoms with Gasteiger partial charge in [0.25, 0.3) is 0 Å². The highest BCUT2D eigenvalue weighted by Gasteiger charge is 2.38. The van der Waals surface area contributed by atoms with Crippen molar-refractivity contribution in [1.82, 2.24) is 4.90 Å². The minimum Gasteiger partial charge on any atom is -0.465 e. The molecule has 0 aromatic heterocycles. The number of Topliss-reactive ketones (excluding diaryl/α,β-unsaturated/α-hetero) is 1. The topological polar surface area (TPSA) is 55.8 Å². The Bertz CT molecular complexity index is 314. The number of morpholine rings is 1. The summed E-state index contributed by atoms with van der Waals surface area (Å²) in [5.74, 6) is -0.550. The molecule has 0 radical (unpaired) electrons. The molecule has 0 aromatic carbocycles. The van der Waals surface area contributed by atoms with E-state index < -0.39 is 11.4 Å². The fraction of sp³-hybridized carbons (Fsp3) is 0.846. The van der Waals surface area contributed by atoms with Gasteiger partial charge in [-0.2, -0.15) is 0 Å². The zero-order chi connectivity index (χ0) is 13.8. The van der Waals surface area contributed by atoms with Crippen LogP contribution in [0.2, 0.25) is 0 Å². The predicted molar refractivity (Wildman–Crippen MR) is 67.3 cm³/mol. The molecule has 1 atom stereocenters. The number of nitrogens with zero attached hydrogens (tertiary/aromatic N) is 1. The maximum absolute atomic E-state index is 12.2. The van der Waals surface area contributed by atoms with E-state index in [0.29, 0.717) is 19.8 Å². The van der Waals surface area contributed by atoms with E-state index in [-0.39, 0.29) is 18.4 Å². The number of ketones is 1. The van der Waals surface area contributed by atoms with Gasteiger partial charge in [-0.25, -0.2) is 0 Å². The standard InChI is InChI=1S/C13H23NO4/c1-5-18-12(16)13(3,4)11(15)8-14-6-7-17-9-10(14)2/h10H,5-9H2,1-4H3. The fourth-order valence-corrected chi connectivity index (χ4v) is 1.80. The maximum atomic E-state index is 12.2. The van der Waals surface area contributed by atoms with Crippen LogP contribution in [0.5, 0.6) is 0 Å². The van der Waals surface area contributed by atoms with Crippen LogP contribution < -0.4 is 0 Å². The number of rotatable bonds is 5. The summed E-state index contributed by atoms with van der Waals surface area (Å²) < 4.78 is 10.3. The summed E-state index contributed by atoms with van der Waals surface area (Å²) in [6, 6.07) is 0.209. The highest BCUT2D eigenvalue weighted by atomic mass is 16.5. The fourth-order valence-electron chi connectivity index (χ4n) is 1.80. The first kappa shape index (κ1) is 15.1. The Hall–Kier alpha value is -0.940. The summed E-state index contributed by atoms with van der Waals surface area (Å²) in [7, 11) is 0. The molecule has 0 bridgehead atoms. The number of carbonyl (C=O) groups excluding carboxylic acids is 2. The van der Waals surface area contributed by atoms with Crippen molar-refractivity contribution in [2.45, 2.75) is 33.7 Å². The molecule has 0 amide bonds. The van der Waals surface area contributed by atoms with Gasteiger partial charge in [0.2, 0.25) is 0 Å². The monoisotopic (exact) mass is 257 g/mol. The highest BCUT2D eigenvalue weighted by Crippen LogP contribution is 2.20. The van der Waals surface area contributed by atoms with E-state index in [0.717, 1.165) is 6.54 Å². The molecule has 1 saturated heterocycles. The van der Waals surface area contributed by atoms with E-state index in [9.17, 15) is 9.59 Å². The molecular weight excluding hydrogens is 234 g/mol. The number of ether oxygens (including phenoxy) is 2. The van der Waals surface area contributed by atoms with E-state index >= 15 is 0 Å². The molecule has 104 valence electrons. The van der Waals surface area contributed by atoms with Gasteiger partial charge in [0.05, 0.1) is 26.4 Å². The average Bonchev–Trinajstić information content (AvgIpc) is 2.32. The average molecular weight is 257 g/mol. The lowest BCUT2D eigenvalue weighted by atomic mass is 9.87. The van der Waals surface area contributed by atoms with Crippen molar-refractivity contribution in [3.8, 4) is 0 Å². The Morgan fingerprint density at radius 2 is 2.11 bits per heavy atom. The van der Waals surface area contributed by atoms with Gasteiger partial charge >= 0.3 is 5.97 Å². The zero-order valence-electron chi connectivity index (χ0n) is 11.7. The molecular formula is C13H23NO4. The van der Waals surface area contributed by atoms with Crippen molar-refractivity contribution in [3.05, 3.63) is 0 Å². The first-order valence-electron chi connectivity index (χ1n) is 6.42. The molecule has 0 spiro atoms. The normalized spacial score (nSPS) is 21.7. The molecule has 18 heavy (non-hydrogen) atoms. The Kier molecular flexibility index (Phi) is 5.28. The second kappa shape index (κ2) is 6.29. The second-order valence-corrected chi connectivity index (χ2v) is 5.16. The lowest BCUT2D eigenvalue weighted by molar-refractivity contribution is -0.158. The van der Waals surface area contributed by atoms with Crippen LogP contribution in [0.15, 0.2) is 0 Å². The molecule has 1 heterocycles. The Morgan fingerprint density at radius 3 is 2.67 bits per heavy atom. The molecule has 1 fully saturated rings. The van der Waals surface area contributed by atoms with Crippen molar-refractivity contribution in [2.24, 2.45) is 5.41 Å². The van der Waals surface area contributed by atoms with Crippen LogP contribution in [0.1, 0.15) is 27.7 Å². The van der Waals surface area contributed by atoms with Gasteiger partial charge in [-0.15, -0.1) is 0 Å². The maximum Gasteiger partial charge on any atom is 0.319 e. The van der Waals surface area contributed by atoms with Crippen LogP contribution in [0.25, 0.3) is 0 Å². The first-order valence-corrected chi connectivity index (χ1v) is 6.42. The molecule has 1 unspecified atom stereocenters. The van der Waals surface area contributed by atoms with E-state index in [1.54, 1.807) is 20.8 Å². The third-order valence-corrected chi connectivity index (χ3v) is 3.33. The van der Waals surface area contributed by atoms with Gasteiger partial charge in [-0.05, 0) is 27.7 Å². The second-order valence-electron chi connectivity index (χ2n) is 5.16. The molecule has 0 aliphatic carbocycles. The summed E-state index contributed by atoms with van der Waals surface area (Å²) in [6.07, 6.45) is 0. The number of hydrogen-bond donors (Lipinski definition) is 0. The van der Waals surface area contributed by atoms with Gasteiger partial charge in [0.1, 0.15) is 5.41 Å². The van der Waals surface area contributed by atoms with Gasteiger partial charge < -0.3 is 9.47 Å². The summed E-state index contributed by atoms with van der Waals surface area (Å²) in [5, 5.41) is 0. The van der Waals surface area contributed by atoms with Crippen molar-refractivity contribution < 1.29 is 19.1 Å². The van der Waals surface area contributed by atoms with Crippen molar-refractivity contribution in [1.29, 1.82) is 0 Å². The zero-order valence-corrected chi connectivity index (χ0v) is 11.7. The van der Waals surface area contributed by atoms with Crippen molar-refractivity contribution in [2.75, 3.05) is 32.9 Å². The molecule has 0 saturated carbocycles. The number of hydrogen-bond acceptors (Lipinski definition) is 5. The Balaban J connectivity index is 2.60. The summed E-state index contributed by atoms with van der Waals surface area (Å²) in [6.45, 7) is 9.57. The van der Waals surface area contributed by atoms with Crippen LogP contribution in [0.4, 0.5) is 0 Å². The molecule has 0 aromatic rings. The molecule has 1 aliphatic rings. The summed E-state index contributed by atoms with van der Waals surface area (Å²) in [5.41, 5.74) is -1.08. The van der Waals surface area contributed by atoms with Gasteiger partial charge in [0.15, 0.2) is 5.78 Å². The smallest absolute Gasteiger partial charge is 0.319 e. The highest BCUT2D eigenvalue weighted by molar-refractivity contribution is 6.03. The predicted octanol–water partition coefficient (Wildman–Crippen LogP) is 0.865. The summed E-state index contributed by atoms with van der Waals surface area (Å²) >= 11 is 0. The largest absolute Gasteiger partial charge is 0.465 e. The first-order chi connectivity index (χ1) is 8.39. The molecule has 5 heteroatoms. The number of carbonyl (C=O) groups is 2. The van der Waals surface area contributed by atoms with Crippen molar-refractivity contribution in [3.63, 3.8) is 0 Å². The minimum atomic E-state index is -1.08. The number of esters is 1. The van der Waals surface area contributed by atoms with Gasteiger partial charge in [-0.1, -0.05) is 0 Å². The lowest BCUT2D eigenvalue weighted by Crippen LogP contribution is -2.49. The summed E-state index contributed by atoms with van der Waals surface area (Å²) in [4.78, 5) is 26.0. The SMILES string of the molecule is CCOC(=O)C(C)(C)C(=O)CN1CCOCC1C. The quantitative estimate of drug-likeness (QED) is 0.540. The Labute approximate surface area is 108 Å². The van der Waals surface area contributed by atoms with Gasteiger partial charge in [0, 0.05) is 12.6 Å². The third-order valence-electron chi connectivity index (χ3n) is 3.33. The Morgan fingerprint density at radius 1 is 1.44 bits per heavy atom. The van der Waals surface area contributed by atoms with E-state index in [1.807, 2.05) is 11.8 Å². The molecule has 5 nitrogen and oxygen atoms in total. The van der Waals surface area contributed by atoms with Crippen LogP contribution in [0, 0.1) is 5.41 Å². The van der Waals surface area contributed by atoms with E-state index in [4.69, 9.17) is 9.47 Å². The lowest BCUT2D eigenvalue weighted by Gasteiger charge is -2.34. The van der Waals surface area contributed by atoms with Gasteiger partial charge in [-0.3, -0.25) is 14.5 Å². The van der Waals surface area contributed by atoms with Crippen molar-refractivity contribution >= 4 is 11.8 Å². The van der Waals surface area contributed by atoms with E-state index in [2.05, 4.69) is 0 Å². The van der Waals surface area contributed by atoms with Crippen LogP contribution in [-0.4, -0.2) is 55.6 Å². The van der Waals surface area contributed by atoms with E-state index in [1.165, 1.54) is 0 Å². The van der Waals surface area contributed by atoms with Crippen LogP contribution in [-0.2, 0) is 19.1 Å². The third kappa shape index (κ3) is 3.53. The van der Waals surface area contributed by atoms with Crippen LogP contribution in [0.3, 0.4) is 0 Å². The molecule has 1 rings (SSSR count). The minimum absolute atomic E-state index is 0.102.